The van der Waals surface area contributed by atoms with E-state index in [-0.39, 0.29) is 38.2 Å². The van der Waals surface area contributed by atoms with Crippen molar-refractivity contribution in [3.63, 3.8) is 0 Å². The van der Waals surface area contributed by atoms with Crippen LogP contribution in [0.25, 0.3) is 0 Å². The Hall–Kier alpha value is -1.97. The Labute approximate surface area is 497 Å². The van der Waals surface area contributed by atoms with E-state index in [1.807, 2.05) is 21.1 Å². The van der Waals surface area contributed by atoms with Crippen LogP contribution in [0.4, 0.5) is 0 Å². The molecule has 0 aliphatic rings. The molecule has 1 N–H and O–H groups in total. The van der Waals surface area contributed by atoms with E-state index in [4.69, 9.17) is 18.9 Å². The van der Waals surface area contributed by atoms with Crippen LogP contribution in [0.5, 0.6) is 0 Å². The van der Waals surface area contributed by atoms with Gasteiger partial charge in [-0.2, -0.15) is 0 Å². The van der Waals surface area contributed by atoms with E-state index in [2.05, 4.69) is 26.0 Å². The third kappa shape index (κ3) is 63.6. The number of likely N-dealkylation sites (N-methyl/N-ethyl adjacent to an activating group) is 1. The Morgan fingerprint density at radius 1 is 0.362 bits per heavy atom. The number of carbonyl (C=O) groups is 3. The van der Waals surface area contributed by atoms with Crippen molar-refractivity contribution in [1.29, 1.82) is 0 Å². The normalized spacial score (nSPS) is 12.7. The molecule has 80 heavy (non-hydrogen) atoms. The van der Waals surface area contributed by atoms with Crippen LogP contribution in [0.15, 0.2) is 12.2 Å². The standard InChI is InChI=1S/C71H137NO8/c1-6-8-10-12-14-16-18-20-22-24-26-28-30-32-34-36-37-39-41-43-45-47-49-51-53-55-57-59-61-68(73)78-65-67(66-79-71(70(75)76)77-64-63-72(3,4)5)80-69(74)62-60-58-56-54-52-50-48-46-44-42-40-38-35-33-31-29-27-25-23-21-19-17-15-13-11-9-7-2/h25,27,67,71H,6-24,26,28-66H2,1-5H3/p+1/b27-25-. The van der Waals surface area contributed by atoms with Crippen LogP contribution < -0.4 is 0 Å². The van der Waals surface area contributed by atoms with E-state index in [9.17, 15) is 19.5 Å². The quantitative estimate of drug-likeness (QED) is 0.0211. The summed E-state index contributed by atoms with van der Waals surface area (Å²) in [7, 11) is 5.99. The Morgan fingerprint density at radius 2 is 0.637 bits per heavy atom. The molecule has 0 saturated carbocycles. The van der Waals surface area contributed by atoms with Crippen molar-refractivity contribution >= 4 is 17.9 Å². The molecule has 474 valence electrons. The lowest BCUT2D eigenvalue weighted by molar-refractivity contribution is -0.870. The van der Waals surface area contributed by atoms with Gasteiger partial charge in [-0.3, -0.25) is 9.59 Å². The first kappa shape index (κ1) is 78.0. The Bertz CT molecular complexity index is 1320. The molecule has 0 rings (SSSR count). The van der Waals surface area contributed by atoms with E-state index in [0.717, 1.165) is 38.5 Å². The highest BCUT2D eigenvalue weighted by Crippen LogP contribution is 2.19. The first-order valence-corrected chi connectivity index (χ1v) is 35.4. The number of rotatable bonds is 67. The molecule has 0 heterocycles. The Kier molecular flexibility index (Phi) is 61.5. The number of hydrogen-bond acceptors (Lipinski definition) is 7. The van der Waals surface area contributed by atoms with Gasteiger partial charge >= 0.3 is 17.9 Å². The van der Waals surface area contributed by atoms with E-state index in [0.29, 0.717) is 17.4 Å². The molecule has 0 amide bonds. The van der Waals surface area contributed by atoms with Gasteiger partial charge in [-0.1, -0.05) is 328 Å². The van der Waals surface area contributed by atoms with Crippen LogP contribution in [0.2, 0.25) is 0 Å². The van der Waals surface area contributed by atoms with Crippen LogP contribution >= 0.6 is 0 Å². The first-order valence-electron chi connectivity index (χ1n) is 35.4. The molecular formula is C71H138NO8+. The molecule has 0 radical (unpaired) electrons. The zero-order valence-corrected chi connectivity index (χ0v) is 54.3. The van der Waals surface area contributed by atoms with Crippen molar-refractivity contribution in [1.82, 2.24) is 0 Å². The maximum absolute atomic E-state index is 12.9. The van der Waals surface area contributed by atoms with Gasteiger partial charge in [0.15, 0.2) is 6.10 Å². The topological polar surface area (TPSA) is 108 Å². The fourth-order valence-electron chi connectivity index (χ4n) is 10.8. The van der Waals surface area contributed by atoms with Gasteiger partial charge in [-0.05, 0) is 38.5 Å². The third-order valence-corrected chi connectivity index (χ3v) is 16.3. The van der Waals surface area contributed by atoms with E-state index in [1.165, 1.54) is 302 Å². The number of ether oxygens (including phenoxy) is 4. The van der Waals surface area contributed by atoms with Gasteiger partial charge in [0.05, 0.1) is 34.4 Å². The number of carboxylic acids is 1. The van der Waals surface area contributed by atoms with Gasteiger partial charge in [0.2, 0.25) is 0 Å². The summed E-state index contributed by atoms with van der Waals surface area (Å²) in [6.07, 6.45) is 73.3. The molecule has 9 nitrogen and oxygen atoms in total. The van der Waals surface area contributed by atoms with Gasteiger partial charge in [-0.15, -0.1) is 0 Å². The summed E-state index contributed by atoms with van der Waals surface area (Å²) in [5.41, 5.74) is 0. The lowest BCUT2D eigenvalue weighted by Gasteiger charge is -2.25. The average Bonchev–Trinajstić information content (AvgIpc) is 3.43. The second kappa shape index (κ2) is 63.1. The zero-order chi connectivity index (χ0) is 58.3. The minimum atomic E-state index is -1.51. The number of allylic oxidation sites excluding steroid dienone is 2. The SMILES string of the molecule is CCCCCCCCCC/C=C\CCCCCCCCCCCCCCCCCC(=O)OC(COC(=O)CCCCCCCCCCCCCCCCCCCCCCCCCCCCCC)COC(OCC[N+](C)(C)C)C(=O)O. The summed E-state index contributed by atoms with van der Waals surface area (Å²) in [6, 6.07) is 0. The van der Waals surface area contributed by atoms with Crippen molar-refractivity contribution in [2.45, 2.75) is 379 Å². The fourth-order valence-corrected chi connectivity index (χ4v) is 10.8. The van der Waals surface area contributed by atoms with E-state index < -0.39 is 18.4 Å². The summed E-state index contributed by atoms with van der Waals surface area (Å²) >= 11 is 0. The molecule has 0 bridgehead atoms. The molecular weight excluding hydrogens is 995 g/mol. The van der Waals surface area contributed by atoms with Gasteiger partial charge in [0, 0.05) is 12.8 Å². The first-order chi connectivity index (χ1) is 39.1. The monoisotopic (exact) mass is 1130 g/mol. The average molecular weight is 1130 g/mol. The molecule has 9 heteroatoms. The van der Waals surface area contributed by atoms with Gasteiger partial charge < -0.3 is 28.5 Å². The number of aliphatic carboxylic acids is 1. The van der Waals surface area contributed by atoms with Crippen molar-refractivity contribution < 1.29 is 42.9 Å². The number of esters is 2. The number of carboxylic acid groups (broad SMARTS) is 1. The molecule has 2 unspecified atom stereocenters. The second-order valence-corrected chi connectivity index (χ2v) is 25.6. The Balaban J connectivity index is 4.05. The molecule has 0 aliphatic heterocycles. The molecule has 0 saturated heterocycles. The van der Waals surface area contributed by atoms with E-state index >= 15 is 0 Å². The van der Waals surface area contributed by atoms with Crippen molar-refractivity contribution in [3.8, 4) is 0 Å². The molecule has 0 aromatic carbocycles. The number of nitrogens with zero attached hydrogens (tertiary/aromatic N) is 1. The minimum absolute atomic E-state index is 0.174. The minimum Gasteiger partial charge on any atom is -0.477 e. The van der Waals surface area contributed by atoms with Crippen molar-refractivity contribution in [2.75, 3.05) is 47.5 Å². The molecule has 0 spiro atoms. The summed E-state index contributed by atoms with van der Waals surface area (Å²) in [5.74, 6) is -1.97. The summed E-state index contributed by atoms with van der Waals surface area (Å²) in [4.78, 5) is 37.6. The second-order valence-electron chi connectivity index (χ2n) is 25.6. The molecule has 0 aromatic rings. The van der Waals surface area contributed by atoms with Crippen LogP contribution in [0, 0.1) is 0 Å². The highest BCUT2D eigenvalue weighted by molar-refractivity contribution is 5.71. The Morgan fingerprint density at radius 3 is 0.925 bits per heavy atom. The van der Waals surface area contributed by atoms with Crippen LogP contribution in [0.3, 0.4) is 0 Å². The predicted octanol–water partition coefficient (Wildman–Crippen LogP) is 21.6. The number of hydrogen-bond donors (Lipinski definition) is 1. The van der Waals surface area contributed by atoms with Gasteiger partial charge in [-0.25, -0.2) is 4.79 Å². The predicted molar refractivity (Wildman–Crippen MR) is 341 cm³/mol. The number of carbonyl (C=O) groups excluding carboxylic acids is 2. The summed E-state index contributed by atoms with van der Waals surface area (Å²) in [5, 5.41) is 9.74. The highest BCUT2D eigenvalue weighted by atomic mass is 16.7. The lowest BCUT2D eigenvalue weighted by Crippen LogP contribution is -2.40. The third-order valence-electron chi connectivity index (χ3n) is 16.3. The molecule has 0 aliphatic carbocycles. The van der Waals surface area contributed by atoms with Crippen LogP contribution in [-0.2, 0) is 33.3 Å². The van der Waals surface area contributed by atoms with Crippen molar-refractivity contribution in [3.05, 3.63) is 12.2 Å². The van der Waals surface area contributed by atoms with Gasteiger partial charge in [0.25, 0.3) is 6.29 Å². The van der Waals surface area contributed by atoms with Crippen LogP contribution in [0.1, 0.15) is 367 Å². The zero-order valence-electron chi connectivity index (χ0n) is 54.3. The summed E-state index contributed by atoms with van der Waals surface area (Å²) in [6.45, 7) is 4.96. The van der Waals surface area contributed by atoms with Gasteiger partial charge in [0.1, 0.15) is 13.2 Å². The maximum Gasteiger partial charge on any atom is 0.361 e. The number of quaternary nitrogens is 1. The molecule has 0 aromatic heterocycles. The number of unbranched alkanes of at least 4 members (excludes halogenated alkanes) is 50. The maximum atomic E-state index is 12.9. The van der Waals surface area contributed by atoms with Crippen LogP contribution in [-0.4, -0.2) is 87.4 Å². The highest BCUT2D eigenvalue weighted by Gasteiger charge is 2.25. The lowest BCUT2D eigenvalue weighted by atomic mass is 10.0. The smallest absolute Gasteiger partial charge is 0.361 e. The molecule has 2 atom stereocenters. The molecule has 0 fully saturated rings. The summed E-state index contributed by atoms with van der Waals surface area (Å²) < 4.78 is 23.0. The van der Waals surface area contributed by atoms with Crippen molar-refractivity contribution in [2.24, 2.45) is 0 Å². The van der Waals surface area contributed by atoms with E-state index in [1.54, 1.807) is 0 Å². The largest absolute Gasteiger partial charge is 0.477 e. The fraction of sp³-hybridized carbons (Fsp3) is 0.930.